The van der Waals surface area contributed by atoms with Gasteiger partial charge in [0.1, 0.15) is 11.5 Å². The monoisotopic (exact) mass is 738 g/mol. The molecule has 0 atom stereocenters. The van der Waals surface area contributed by atoms with E-state index in [0.29, 0.717) is 19.6 Å². The van der Waals surface area contributed by atoms with Crippen molar-refractivity contribution in [3.8, 4) is 11.5 Å². The molecule has 0 spiro atoms. The van der Waals surface area contributed by atoms with Crippen LogP contribution in [0.5, 0.6) is 11.5 Å². The van der Waals surface area contributed by atoms with Crippen LogP contribution in [0.2, 0.25) is 0 Å². The number of hydrogen-bond acceptors (Lipinski definition) is 12. The molecule has 0 radical (unpaired) electrons. The fourth-order valence-corrected chi connectivity index (χ4v) is 8.38. The maximum absolute atomic E-state index is 6.21. The summed E-state index contributed by atoms with van der Waals surface area (Å²) in [6, 6.07) is 16.0. The van der Waals surface area contributed by atoms with Crippen molar-refractivity contribution in [2.45, 2.75) is 92.3 Å². The SMILES string of the molecule is CCCCCSc1nnc2n1/N=C\c1ccccc1OCCCOc1ccccc1/C=N\n1c(SCCCCC)nnc1SCCCCS2. The summed E-state index contributed by atoms with van der Waals surface area (Å²) in [5, 5.41) is 31.1. The van der Waals surface area contributed by atoms with E-state index in [1.165, 1.54) is 25.7 Å². The van der Waals surface area contributed by atoms with Crippen LogP contribution in [0.1, 0.15) is 82.8 Å². The summed E-state index contributed by atoms with van der Waals surface area (Å²) >= 11 is 6.81. The molecule has 3 heterocycles. The van der Waals surface area contributed by atoms with Gasteiger partial charge < -0.3 is 9.47 Å². The first-order valence-electron chi connectivity index (χ1n) is 17.2. The number of fused-ring (bicyclic) bond motifs is 4. The molecule has 0 saturated heterocycles. The van der Waals surface area contributed by atoms with Crippen LogP contribution in [0.15, 0.2) is 79.4 Å². The van der Waals surface area contributed by atoms with Gasteiger partial charge >= 0.3 is 0 Å². The smallest absolute Gasteiger partial charge is 0.212 e. The van der Waals surface area contributed by atoms with E-state index in [-0.39, 0.29) is 0 Å². The van der Waals surface area contributed by atoms with Crippen molar-refractivity contribution in [3.63, 3.8) is 0 Å². The predicted octanol–water partition coefficient (Wildman–Crippen LogP) is 9.02. The second-order valence-corrected chi connectivity index (χ2v) is 15.5. The van der Waals surface area contributed by atoms with E-state index in [1.807, 2.05) is 70.3 Å². The summed E-state index contributed by atoms with van der Waals surface area (Å²) in [7, 11) is 0. The lowest BCUT2D eigenvalue weighted by Crippen LogP contribution is -2.07. The van der Waals surface area contributed by atoms with Crippen LogP contribution in [0.4, 0.5) is 0 Å². The van der Waals surface area contributed by atoms with Crippen molar-refractivity contribution in [2.24, 2.45) is 10.2 Å². The third-order valence-corrected chi connectivity index (χ3v) is 11.4. The normalized spacial score (nSPS) is 15.9. The van der Waals surface area contributed by atoms with Crippen molar-refractivity contribution >= 4 is 59.5 Å². The lowest BCUT2D eigenvalue weighted by molar-refractivity contribution is 0.247. The van der Waals surface area contributed by atoms with Gasteiger partial charge in [-0.25, -0.2) is 0 Å². The minimum Gasteiger partial charge on any atom is -0.493 e. The summed E-state index contributed by atoms with van der Waals surface area (Å²) in [5.74, 6) is 5.36. The van der Waals surface area contributed by atoms with Gasteiger partial charge in [0.25, 0.3) is 0 Å². The van der Waals surface area contributed by atoms with Crippen LogP contribution in [-0.2, 0) is 0 Å². The molecular formula is C35H46N8O2S4. The molecule has 1 aliphatic rings. The number of unbranched alkanes of at least 4 members (excludes halogenated alkanes) is 4. The standard InChI is InChI=1S/C35H46N8O2S4/c1-3-5-11-22-46-32-38-40-34-42(32)36-26-28-16-7-9-18-30(28)44-20-15-21-45-31-19-10-8-17-29(31)27-37-43-33(47-23-12-6-4-2)39-41-35(43)49-25-14-13-24-48-34/h7-10,16-19,26-27H,3-6,11-15,20-25H2,1-2H3/b36-26-,37-27-. The molecule has 14 heteroatoms. The summed E-state index contributed by atoms with van der Waals surface area (Å²) in [6.07, 6.45) is 13.5. The maximum Gasteiger partial charge on any atom is 0.212 e. The first kappa shape index (κ1) is 37.3. The van der Waals surface area contributed by atoms with Crippen molar-refractivity contribution < 1.29 is 9.47 Å². The van der Waals surface area contributed by atoms with Crippen LogP contribution in [0, 0.1) is 0 Å². The highest BCUT2D eigenvalue weighted by Gasteiger charge is 2.15. The lowest BCUT2D eigenvalue weighted by atomic mass is 10.2. The molecule has 0 bridgehead atoms. The molecule has 2 aromatic carbocycles. The van der Waals surface area contributed by atoms with E-state index < -0.39 is 0 Å². The molecule has 0 fully saturated rings. The Morgan fingerprint density at radius 2 is 1.08 bits per heavy atom. The lowest BCUT2D eigenvalue weighted by Gasteiger charge is -2.11. The van der Waals surface area contributed by atoms with Gasteiger partial charge in [0, 0.05) is 40.6 Å². The largest absolute Gasteiger partial charge is 0.493 e. The van der Waals surface area contributed by atoms with Gasteiger partial charge in [-0.15, -0.1) is 20.4 Å². The van der Waals surface area contributed by atoms with Gasteiger partial charge in [0.05, 0.1) is 25.6 Å². The Hall–Kier alpha value is -2.94. The molecular weight excluding hydrogens is 693 g/mol. The molecule has 5 rings (SSSR count). The summed E-state index contributed by atoms with van der Waals surface area (Å²) in [6.45, 7) is 5.45. The first-order chi connectivity index (χ1) is 24.3. The molecule has 10 nitrogen and oxygen atoms in total. The van der Waals surface area contributed by atoms with E-state index in [1.54, 1.807) is 47.0 Å². The number of rotatable bonds is 10. The Labute approximate surface area is 307 Å². The molecule has 4 aromatic rings. The van der Waals surface area contributed by atoms with E-state index in [2.05, 4.69) is 34.2 Å². The highest BCUT2D eigenvalue weighted by Crippen LogP contribution is 2.28. The van der Waals surface area contributed by atoms with Gasteiger partial charge in [-0.3, -0.25) is 0 Å². The van der Waals surface area contributed by atoms with E-state index in [4.69, 9.17) is 19.7 Å². The third kappa shape index (κ3) is 11.8. The van der Waals surface area contributed by atoms with E-state index >= 15 is 0 Å². The maximum atomic E-state index is 6.21. The van der Waals surface area contributed by atoms with E-state index in [0.717, 1.165) is 91.9 Å². The quantitative estimate of drug-likeness (QED) is 0.116. The molecule has 0 amide bonds. The Balaban J connectivity index is 1.35. The van der Waals surface area contributed by atoms with Gasteiger partial charge in [-0.1, -0.05) is 111 Å². The Morgan fingerprint density at radius 1 is 0.612 bits per heavy atom. The fraction of sp³-hybridized carbons (Fsp3) is 0.486. The van der Waals surface area contributed by atoms with Crippen molar-refractivity contribution in [2.75, 3.05) is 36.2 Å². The molecule has 1 aliphatic heterocycles. The molecule has 0 aliphatic carbocycles. The molecule has 262 valence electrons. The van der Waals surface area contributed by atoms with Gasteiger partial charge in [0.2, 0.25) is 20.6 Å². The summed E-state index contributed by atoms with van der Waals surface area (Å²) < 4.78 is 16.2. The number of para-hydroxylation sites is 2. The van der Waals surface area contributed by atoms with Gasteiger partial charge in [-0.2, -0.15) is 19.6 Å². The molecule has 0 N–H and O–H groups in total. The van der Waals surface area contributed by atoms with Crippen LogP contribution in [-0.4, -0.2) is 78.4 Å². The number of ether oxygens (including phenoxy) is 2. The number of aromatic nitrogens is 6. The second-order valence-electron chi connectivity index (χ2n) is 11.3. The zero-order chi connectivity index (χ0) is 33.9. The van der Waals surface area contributed by atoms with Crippen molar-refractivity contribution in [1.82, 2.24) is 29.7 Å². The fourth-order valence-electron chi connectivity index (χ4n) is 4.72. The highest BCUT2D eigenvalue weighted by atomic mass is 32.2. The van der Waals surface area contributed by atoms with Crippen molar-refractivity contribution in [1.29, 1.82) is 0 Å². The number of thioether (sulfide) groups is 4. The average Bonchev–Trinajstić information content (AvgIpc) is 3.70. The van der Waals surface area contributed by atoms with Crippen LogP contribution in [0.3, 0.4) is 0 Å². The number of nitrogens with zero attached hydrogens (tertiary/aromatic N) is 8. The Morgan fingerprint density at radius 3 is 1.55 bits per heavy atom. The Bertz CT molecular complexity index is 1510. The minimum atomic E-state index is 0.507. The highest BCUT2D eigenvalue weighted by molar-refractivity contribution is 8.00. The summed E-state index contributed by atoms with van der Waals surface area (Å²) in [4.78, 5) is 0. The molecule has 0 saturated carbocycles. The zero-order valence-corrected chi connectivity index (χ0v) is 31.7. The van der Waals surface area contributed by atoms with Crippen LogP contribution >= 0.6 is 47.0 Å². The molecule has 49 heavy (non-hydrogen) atoms. The first-order valence-corrected chi connectivity index (χ1v) is 21.2. The molecule has 0 unspecified atom stereocenters. The van der Waals surface area contributed by atoms with Crippen LogP contribution in [0.25, 0.3) is 0 Å². The predicted molar refractivity (Wildman–Crippen MR) is 206 cm³/mol. The zero-order valence-electron chi connectivity index (χ0n) is 28.4. The van der Waals surface area contributed by atoms with Crippen LogP contribution < -0.4 is 9.47 Å². The van der Waals surface area contributed by atoms with Gasteiger partial charge in [0.15, 0.2) is 0 Å². The summed E-state index contributed by atoms with van der Waals surface area (Å²) in [5.41, 5.74) is 1.81. The Kier molecular flexibility index (Phi) is 16.2. The van der Waals surface area contributed by atoms with Gasteiger partial charge in [-0.05, 0) is 49.9 Å². The number of benzene rings is 2. The second kappa shape index (κ2) is 21.3. The number of hydrogen-bond donors (Lipinski definition) is 0. The minimum absolute atomic E-state index is 0.507. The van der Waals surface area contributed by atoms with Crippen molar-refractivity contribution in [3.05, 3.63) is 59.7 Å². The topological polar surface area (TPSA) is 105 Å². The molecule has 2 aromatic heterocycles. The third-order valence-electron chi connectivity index (χ3n) is 7.39. The average molecular weight is 739 g/mol. The van der Waals surface area contributed by atoms with E-state index in [9.17, 15) is 0 Å².